The van der Waals surface area contributed by atoms with Gasteiger partial charge in [-0.1, -0.05) is 0 Å². The Hall–Kier alpha value is -2.85. The van der Waals surface area contributed by atoms with Crippen molar-refractivity contribution >= 4 is 11.0 Å². The summed E-state index contributed by atoms with van der Waals surface area (Å²) in [5.74, 6) is 0.529. The van der Waals surface area contributed by atoms with Crippen molar-refractivity contribution in [1.29, 1.82) is 5.26 Å². The molecule has 0 spiro atoms. The number of aromatic amines is 1. The second kappa shape index (κ2) is 5.26. The van der Waals surface area contributed by atoms with Crippen molar-refractivity contribution in [1.82, 2.24) is 14.5 Å². The van der Waals surface area contributed by atoms with Crippen LogP contribution >= 0.6 is 0 Å². The molecule has 0 amide bonds. The first-order valence-electron chi connectivity index (χ1n) is 6.52. The molecular formula is C14H13N5O2. The Bertz CT molecular complexity index is 867. The first-order valence-corrected chi connectivity index (χ1v) is 6.52. The van der Waals surface area contributed by atoms with Crippen LogP contribution in [0.1, 0.15) is 12.0 Å². The molecule has 3 aromatic heterocycles. The largest absolute Gasteiger partial charge is 0.463 e. The summed E-state index contributed by atoms with van der Waals surface area (Å²) in [7, 11) is 0. The van der Waals surface area contributed by atoms with Crippen LogP contribution in [0.4, 0.5) is 0 Å². The highest BCUT2D eigenvalue weighted by atomic mass is 16.3. The molecule has 106 valence electrons. The van der Waals surface area contributed by atoms with E-state index in [9.17, 15) is 10.1 Å². The van der Waals surface area contributed by atoms with Crippen molar-refractivity contribution < 1.29 is 4.42 Å². The van der Waals surface area contributed by atoms with Crippen LogP contribution in [0.5, 0.6) is 0 Å². The van der Waals surface area contributed by atoms with Gasteiger partial charge in [0.15, 0.2) is 5.76 Å². The maximum absolute atomic E-state index is 12.1. The summed E-state index contributed by atoms with van der Waals surface area (Å²) in [6.45, 7) is 0.997. The summed E-state index contributed by atoms with van der Waals surface area (Å²) in [6, 6.07) is 5.61. The SMILES string of the molecule is N#Cc1c(-c2ccco2)n(CCCN)c2c(=O)[nH]cnc12. The van der Waals surface area contributed by atoms with Crippen LogP contribution in [0.3, 0.4) is 0 Å². The van der Waals surface area contributed by atoms with E-state index in [1.54, 1.807) is 16.7 Å². The molecule has 7 heteroatoms. The number of H-pyrrole nitrogens is 1. The number of hydrogen-bond acceptors (Lipinski definition) is 5. The topological polar surface area (TPSA) is 114 Å². The number of aromatic nitrogens is 3. The number of nitriles is 1. The molecule has 0 saturated carbocycles. The van der Waals surface area contributed by atoms with Crippen molar-refractivity contribution in [3.8, 4) is 17.5 Å². The first-order chi connectivity index (χ1) is 10.3. The van der Waals surface area contributed by atoms with Gasteiger partial charge in [-0.3, -0.25) is 4.79 Å². The third kappa shape index (κ3) is 2.02. The molecule has 0 atom stereocenters. The average molecular weight is 283 g/mol. The van der Waals surface area contributed by atoms with E-state index in [-0.39, 0.29) is 5.56 Å². The molecule has 0 aromatic carbocycles. The predicted molar refractivity (Wildman–Crippen MR) is 76.4 cm³/mol. The molecule has 21 heavy (non-hydrogen) atoms. The second-order valence-corrected chi connectivity index (χ2v) is 4.54. The van der Waals surface area contributed by atoms with E-state index in [2.05, 4.69) is 16.0 Å². The summed E-state index contributed by atoms with van der Waals surface area (Å²) >= 11 is 0. The van der Waals surface area contributed by atoms with E-state index in [4.69, 9.17) is 10.2 Å². The number of furan rings is 1. The number of fused-ring (bicyclic) bond motifs is 1. The summed E-state index contributed by atoms with van der Waals surface area (Å²) in [5.41, 5.74) is 6.93. The molecule has 0 aliphatic heterocycles. The minimum atomic E-state index is -0.286. The fourth-order valence-corrected chi connectivity index (χ4v) is 2.43. The molecule has 0 bridgehead atoms. The lowest BCUT2D eigenvalue weighted by molar-refractivity contribution is 0.570. The molecule has 0 fully saturated rings. The van der Waals surface area contributed by atoms with Gasteiger partial charge >= 0.3 is 0 Å². The van der Waals surface area contributed by atoms with E-state index in [0.29, 0.717) is 47.6 Å². The van der Waals surface area contributed by atoms with E-state index >= 15 is 0 Å². The molecule has 3 rings (SSSR count). The van der Waals surface area contributed by atoms with Crippen LogP contribution < -0.4 is 11.3 Å². The second-order valence-electron chi connectivity index (χ2n) is 4.54. The lowest BCUT2D eigenvalue weighted by atomic mass is 10.2. The zero-order chi connectivity index (χ0) is 14.8. The monoisotopic (exact) mass is 283 g/mol. The number of hydrogen-bond donors (Lipinski definition) is 2. The van der Waals surface area contributed by atoms with Gasteiger partial charge in [0.05, 0.1) is 12.6 Å². The summed E-state index contributed by atoms with van der Waals surface area (Å²) in [6.07, 6.45) is 3.50. The van der Waals surface area contributed by atoms with Gasteiger partial charge in [-0.05, 0) is 25.1 Å². The van der Waals surface area contributed by atoms with Gasteiger partial charge in [-0.25, -0.2) is 4.98 Å². The molecule has 0 radical (unpaired) electrons. The summed E-state index contributed by atoms with van der Waals surface area (Å²) < 4.78 is 7.16. The number of aryl methyl sites for hydroxylation is 1. The summed E-state index contributed by atoms with van der Waals surface area (Å²) in [5, 5.41) is 9.46. The molecule has 0 aliphatic carbocycles. The van der Waals surface area contributed by atoms with Crippen molar-refractivity contribution in [2.24, 2.45) is 5.73 Å². The Morgan fingerprint density at radius 1 is 1.52 bits per heavy atom. The van der Waals surface area contributed by atoms with Gasteiger partial charge in [-0.2, -0.15) is 5.26 Å². The van der Waals surface area contributed by atoms with Gasteiger partial charge in [0.1, 0.15) is 28.4 Å². The fraction of sp³-hybridized carbons (Fsp3) is 0.214. The quantitative estimate of drug-likeness (QED) is 0.747. The van der Waals surface area contributed by atoms with E-state index < -0.39 is 0 Å². The molecule has 3 aromatic rings. The molecule has 3 N–H and O–H groups in total. The maximum Gasteiger partial charge on any atom is 0.275 e. The number of rotatable bonds is 4. The van der Waals surface area contributed by atoms with E-state index in [0.717, 1.165) is 0 Å². The van der Waals surface area contributed by atoms with Crippen LogP contribution in [0.25, 0.3) is 22.5 Å². The van der Waals surface area contributed by atoms with Crippen LogP contribution in [-0.2, 0) is 6.54 Å². The molecular weight excluding hydrogens is 270 g/mol. The smallest absolute Gasteiger partial charge is 0.275 e. The zero-order valence-electron chi connectivity index (χ0n) is 11.2. The zero-order valence-corrected chi connectivity index (χ0v) is 11.2. The molecule has 0 unspecified atom stereocenters. The Kier molecular flexibility index (Phi) is 3.30. The van der Waals surface area contributed by atoms with Crippen LogP contribution in [0, 0.1) is 11.3 Å². The summed E-state index contributed by atoms with van der Waals surface area (Å²) in [4.78, 5) is 18.8. The average Bonchev–Trinajstić information content (AvgIpc) is 3.10. The van der Waals surface area contributed by atoms with Crippen molar-refractivity contribution in [3.63, 3.8) is 0 Å². The van der Waals surface area contributed by atoms with Gasteiger partial charge in [0, 0.05) is 6.54 Å². The highest BCUT2D eigenvalue weighted by Gasteiger charge is 2.23. The molecule has 0 saturated heterocycles. The van der Waals surface area contributed by atoms with Gasteiger partial charge < -0.3 is 19.7 Å². The van der Waals surface area contributed by atoms with Crippen molar-refractivity contribution in [2.45, 2.75) is 13.0 Å². The lowest BCUT2D eigenvalue weighted by Gasteiger charge is -2.07. The van der Waals surface area contributed by atoms with Gasteiger partial charge in [0.2, 0.25) is 0 Å². The van der Waals surface area contributed by atoms with Crippen molar-refractivity contribution in [3.05, 3.63) is 40.6 Å². The van der Waals surface area contributed by atoms with Gasteiger partial charge in [-0.15, -0.1) is 0 Å². The Labute approximate surface area is 119 Å². The third-order valence-corrected chi connectivity index (χ3v) is 3.29. The van der Waals surface area contributed by atoms with Crippen LogP contribution in [0.2, 0.25) is 0 Å². The van der Waals surface area contributed by atoms with E-state index in [1.807, 2.05) is 0 Å². The first kappa shape index (κ1) is 13.1. The lowest BCUT2D eigenvalue weighted by Crippen LogP contribution is -2.13. The molecule has 7 nitrogen and oxygen atoms in total. The normalized spacial score (nSPS) is 10.9. The maximum atomic E-state index is 12.1. The molecule has 3 heterocycles. The minimum absolute atomic E-state index is 0.286. The Balaban J connectivity index is 2.41. The predicted octanol–water partition coefficient (Wildman–Crippen LogP) is 1.21. The molecule has 0 aliphatic rings. The Morgan fingerprint density at radius 3 is 3.05 bits per heavy atom. The number of nitrogens with zero attached hydrogens (tertiary/aromatic N) is 3. The standard InChI is InChI=1S/C14H13N5O2/c15-4-2-5-19-12(10-3-1-6-21-10)9(7-16)11-13(19)14(20)18-8-17-11/h1,3,6,8H,2,4-5,15H2,(H,17,18,20). The van der Waals surface area contributed by atoms with Crippen molar-refractivity contribution in [2.75, 3.05) is 6.54 Å². The van der Waals surface area contributed by atoms with Crippen LogP contribution in [-0.4, -0.2) is 21.1 Å². The van der Waals surface area contributed by atoms with Crippen LogP contribution in [0.15, 0.2) is 33.9 Å². The van der Waals surface area contributed by atoms with E-state index in [1.165, 1.54) is 12.6 Å². The minimum Gasteiger partial charge on any atom is -0.463 e. The Morgan fingerprint density at radius 2 is 2.38 bits per heavy atom. The van der Waals surface area contributed by atoms with Gasteiger partial charge in [0.25, 0.3) is 5.56 Å². The number of nitrogens with two attached hydrogens (primary N) is 1. The highest BCUT2D eigenvalue weighted by Crippen LogP contribution is 2.31. The number of nitrogens with one attached hydrogen (secondary N) is 1. The third-order valence-electron chi connectivity index (χ3n) is 3.29. The fourth-order valence-electron chi connectivity index (χ4n) is 2.43. The highest BCUT2D eigenvalue weighted by molar-refractivity contribution is 5.90.